The number of ether oxygens (including phenoxy) is 1. The summed E-state index contributed by atoms with van der Waals surface area (Å²) in [5.74, 6) is -1.17. The fourth-order valence-electron chi connectivity index (χ4n) is 1.36. The molecule has 0 saturated heterocycles. The number of carbonyl (C=O) groups excluding carboxylic acids is 1. The molecule has 0 unspecified atom stereocenters. The van der Waals surface area contributed by atoms with E-state index in [2.05, 4.69) is 0 Å². The van der Waals surface area contributed by atoms with E-state index in [0.717, 1.165) is 4.90 Å². The van der Waals surface area contributed by atoms with E-state index in [1.165, 1.54) is 26.3 Å². The van der Waals surface area contributed by atoms with Gasteiger partial charge >= 0.3 is 5.97 Å². The molecule has 0 fully saturated rings. The number of methoxy groups -OCH3 is 1. The molecular formula is C11H14N2O4. The summed E-state index contributed by atoms with van der Waals surface area (Å²) >= 11 is 0. The number of anilines is 1. The number of hydrogen-bond donors (Lipinski definition) is 2. The Morgan fingerprint density at radius 3 is 2.65 bits per heavy atom. The minimum Gasteiger partial charge on any atom is -0.496 e. The number of nitrogens with zero attached hydrogens (tertiary/aromatic N) is 1. The number of carboxylic acid groups (broad SMARTS) is 1. The summed E-state index contributed by atoms with van der Waals surface area (Å²) in [4.78, 5) is 23.5. The monoisotopic (exact) mass is 238 g/mol. The van der Waals surface area contributed by atoms with E-state index < -0.39 is 11.9 Å². The lowest BCUT2D eigenvalue weighted by molar-refractivity contribution is -0.137. The molecule has 0 spiro atoms. The maximum absolute atomic E-state index is 11.9. The Labute approximate surface area is 98.6 Å². The number of nitrogens with two attached hydrogens (primary N) is 1. The molecule has 6 heteroatoms. The number of amides is 1. The molecule has 0 aliphatic carbocycles. The zero-order valence-electron chi connectivity index (χ0n) is 9.64. The Kier molecular flexibility index (Phi) is 3.92. The van der Waals surface area contributed by atoms with Gasteiger partial charge in [0.25, 0.3) is 5.91 Å². The van der Waals surface area contributed by atoms with Crippen LogP contribution in [0.15, 0.2) is 18.2 Å². The maximum Gasteiger partial charge on any atom is 0.323 e. The number of hydrogen-bond acceptors (Lipinski definition) is 4. The Balaban J connectivity index is 2.99. The molecule has 0 bridgehead atoms. The summed E-state index contributed by atoms with van der Waals surface area (Å²) in [7, 11) is 2.83. The number of aliphatic carboxylic acids is 1. The highest BCUT2D eigenvalue weighted by atomic mass is 16.5. The highest BCUT2D eigenvalue weighted by molar-refractivity contribution is 5.98. The average Bonchev–Trinajstić information content (AvgIpc) is 2.27. The van der Waals surface area contributed by atoms with Crippen LogP contribution >= 0.6 is 0 Å². The van der Waals surface area contributed by atoms with Crippen LogP contribution in [-0.4, -0.2) is 42.6 Å². The minimum absolute atomic E-state index is 0.283. The highest BCUT2D eigenvalue weighted by Crippen LogP contribution is 2.22. The van der Waals surface area contributed by atoms with Gasteiger partial charge in [0.05, 0.1) is 12.7 Å². The summed E-state index contributed by atoms with van der Waals surface area (Å²) in [5.41, 5.74) is 6.32. The summed E-state index contributed by atoms with van der Waals surface area (Å²) < 4.78 is 5.03. The van der Waals surface area contributed by atoms with Gasteiger partial charge in [-0.25, -0.2) is 0 Å². The van der Waals surface area contributed by atoms with Crippen molar-refractivity contribution in [3.63, 3.8) is 0 Å². The van der Waals surface area contributed by atoms with E-state index in [0.29, 0.717) is 11.4 Å². The molecule has 1 amide bonds. The molecule has 0 aliphatic rings. The second-order valence-corrected chi connectivity index (χ2v) is 3.51. The smallest absolute Gasteiger partial charge is 0.323 e. The van der Waals surface area contributed by atoms with Gasteiger partial charge in [0.2, 0.25) is 0 Å². The van der Waals surface area contributed by atoms with Crippen molar-refractivity contribution in [2.45, 2.75) is 0 Å². The van der Waals surface area contributed by atoms with Crippen LogP contribution in [0.1, 0.15) is 10.4 Å². The molecule has 6 nitrogen and oxygen atoms in total. The number of nitrogen functional groups attached to an aromatic ring is 1. The van der Waals surface area contributed by atoms with Crippen molar-refractivity contribution in [3.8, 4) is 5.75 Å². The Morgan fingerprint density at radius 2 is 2.12 bits per heavy atom. The van der Waals surface area contributed by atoms with Crippen LogP contribution in [0, 0.1) is 0 Å². The van der Waals surface area contributed by atoms with Crippen LogP contribution < -0.4 is 10.5 Å². The molecule has 0 heterocycles. The Morgan fingerprint density at radius 1 is 1.47 bits per heavy atom. The zero-order chi connectivity index (χ0) is 13.0. The summed E-state index contributed by atoms with van der Waals surface area (Å²) in [5, 5.41) is 8.61. The molecule has 1 aromatic rings. The molecule has 0 aliphatic heterocycles. The zero-order valence-corrected chi connectivity index (χ0v) is 9.64. The topological polar surface area (TPSA) is 92.9 Å². The van der Waals surface area contributed by atoms with Gasteiger partial charge in [-0.2, -0.15) is 0 Å². The van der Waals surface area contributed by atoms with Crippen LogP contribution in [0.5, 0.6) is 5.75 Å². The van der Waals surface area contributed by atoms with Gasteiger partial charge in [0, 0.05) is 18.8 Å². The highest BCUT2D eigenvalue weighted by Gasteiger charge is 2.18. The molecule has 17 heavy (non-hydrogen) atoms. The molecule has 0 saturated carbocycles. The first-order valence-electron chi connectivity index (χ1n) is 4.86. The van der Waals surface area contributed by atoms with E-state index in [-0.39, 0.29) is 12.1 Å². The third-order valence-corrected chi connectivity index (χ3v) is 2.18. The first-order valence-corrected chi connectivity index (χ1v) is 4.86. The van der Waals surface area contributed by atoms with Crippen LogP contribution in [0.2, 0.25) is 0 Å². The molecule has 1 rings (SSSR count). The maximum atomic E-state index is 11.9. The van der Waals surface area contributed by atoms with Crippen molar-refractivity contribution in [1.29, 1.82) is 0 Å². The van der Waals surface area contributed by atoms with E-state index in [9.17, 15) is 9.59 Å². The SMILES string of the molecule is COc1cc(N)ccc1C(=O)N(C)CC(=O)O. The average molecular weight is 238 g/mol. The second kappa shape index (κ2) is 5.20. The normalized spacial score (nSPS) is 9.76. The lowest BCUT2D eigenvalue weighted by Gasteiger charge is -2.16. The van der Waals surface area contributed by atoms with Crippen LogP contribution in [0.4, 0.5) is 5.69 Å². The van der Waals surface area contributed by atoms with E-state index in [1.54, 1.807) is 6.07 Å². The minimum atomic E-state index is -1.07. The lowest BCUT2D eigenvalue weighted by atomic mass is 10.1. The van der Waals surface area contributed by atoms with Crippen molar-refractivity contribution in [1.82, 2.24) is 4.90 Å². The summed E-state index contributed by atoms with van der Waals surface area (Å²) in [6, 6.07) is 4.58. The number of carbonyl (C=O) groups is 2. The second-order valence-electron chi connectivity index (χ2n) is 3.51. The lowest BCUT2D eigenvalue weighted by Crippen LogP contribution is -2.32. The molecule has 1 aromatic carbocycles. The fourth-order valence-corrected chi connectivity index (χ4v) is 1.36. The van der Waals surface area contributed by atoms with E-state index >= 15 is 0 Å². The quantitative estimate of drug-likeness (QED) is 0.742. The van der Waals surface area contributed by atoms with Gasteiger partial charge in [-0.3, -0.25) is 9.59 Å². The molecule has 0 atom stereocenters. The predicted molar refractivity (Wildman–Crippen MR) is 62.0 cm³/mol. The van der Waals surface area contributed by atoms with Gasteiger partial charge in [0.15, 0.2) is 0 Å². The van der Waals surface area contributed by atoms with Gasteiger partial charge in [0.1, 0.15) is 12.3 Å². The summed E-state index contributed by atoms with van der Waals surface area (Å²) in [6.07, 6.45) is 0. The van der Waals surface area contributed by atoms with Crippen molar-refractivity contribution >= 4 is 17.6 Å². The third kappa shape index (κ3) is 3.10. The van der Waals surface area contributed by atoms with Crippen LogP contribution in [-0.2, 0) is 4.79 Å². The van der Waals surface area contributed by atoms with E-state index in [4.69, 9.17) is 15.6 Å². The number of carboxylic acids is 1. The van der Waals surface area contributed by atoms with Crippen molar-refractivity contribution in [2.75, 3.05) is 26.4 Å². The predicted octanol–water partition coefficient (Wildman–Crippen LogP) is 0.434. The number of likely N-dealkylation sites (N-methyl/N-ethyl adjacent to an activating group) is 1. The van der Waals surface area contributed by atoms with Gasteiger partial charge < -0.3 is 20.5 Å². The third-order valence-electron chi connectivity index (χ3n) is 2.18. The molecule has 0 radical (unpaired) electrons. The van der Waals surface area contributed by atoms with Crippen LogP contribution in [0.3, 0.4) is 0 Å². The number of rotatable bonds is 4. The largest absolute Gasteiger partial charge is 0.496 e. The first kappa shape index (κ1) is 12.8. The van der Waals surface area contributed by atoms with Crippen LogP contribution in [0.25, 0.3) is 0 Å². The van der Waals surface area contributed by atoms with Gasteiger partial charge in [-0.1, -0.05) is 0 Å². The molecule has 3 N–H and O–H groups in total. The molecule has 92 valence electrons. The van der Waals surface area contributed by atoms with Gasteiger partial charge in [-0.05, 0) is 12.1 Å². The summed E-state index contributed by atoms with van der Waals surface area (Å²) in [6.45, 7) is -0.369. The van der Waals surface area contributed by atoms with E-state index in [1.807, 2.05) is 0 Å². The standard InChI is InChI=1S/C11H14N2O4/c1-13(6-10(14)15)11(16)8-4-3-7(12)5-9(8)17-2/h3-5H,6,12H2,1-2H3,(H,14,15). The fraction of sp³-hybridized carbons (Fsp3) is 0.273. The Hall–Kier alpha value is -2.24. The molecular weight excluding hydrogens is 224 g/mol. The van der Waals surface area contributed by atoms with Gasteiger partial charge in [-0.15, -0.1) is 0 Å². The Bertz CT molecular complexity index is 445. The number of benzene rings is 1. The van der Waals surface area contributed by atoms with Crippen molar-refractivity contribution in [3.05, 3.63) is 23.8 Å². The van der Waals surface area contributed by atoms with Crippen molar-refractivity contribution < 1.29 is 19.4 Å². The van der Waals surface area contributed by atoms with Crippen molar-refractivity contribution in [2.24, 2.45) is 0 Å². The first-order chi connectivity index (χ1) is 7.95. The molecule has 0 aromatic heterocycles.